The summed E-state index contributed by atoms with van der Waals surface area (Å²) in [5, 5.41) is 0. The first-order valence-corrected chi connectivity index (χ1v) is 7.43. The Hall–Kier alpha value is -3.20. The zero-order valence-corrected chi connectivity index (χ0v) is 12.4. The molecule has 3 nitrogen and oxygen atoms in total. The van der Waals surface area contributed by atoms with Gasteiger partial charge in [-0.1, -0.05) is 54.6 Å². The summed E-state index contributed by atoms with van der Waals surface area (Å²) in [4.78, 5) is 15.3. The van der Waals surface area contributed by atoms with Crippen LogP contribution in [0.5, 0.6) is 0 Å². The Bertz CT molecular complexity index is 970. The van der Waals surface area contributed by atoms with Gasteiger partial charge >= 0.3 is 0 Å². The van der Waals surface area contributed by atoms with Gasteiger partial charge in [0.2, 0.25) is 0 Å². The SMILES string of the molecule is O=Cc1ccc(-c2ccc3cnc(-c4ccccc4)cn23)cc1. The fraction of sp³-hybridized carbons (Fsp3) is 0. The van der Waals surface area contributed by atoms with Gasteiger partial charge in [0.15, 0.2) is 0 Å². The Balaban J connectivity index is 1.85. The molecule has 0 saturated carbocycles. The molecule has 0 radical (unpaired) electrons. The molecule has 0 aliphatic heterocycles. The Kier molecular flexibility index (Phi) is 3.24. The van der Waals surface area contributed by atoms with Crippen LogP contribution in [0.15, 0.2) is 79.1 Å². The van der Waals surface area contributed by atoms with Crippen molar-refractivity contribution in [2.75, 3.05) is 0 Å². The first kappa shape index (κ1) is 13.5. The first-order valence-electron chi connectivity index (χ1n) is 7.43. The summed E-state index contributed by atoms with van der Waals surface area (Å²) < 4.78 is 2.13. The third kappa shape index (κ3) is 2.42. The highest BCUT2D eigenvalue weighted by Gasteiger charge is 2.07. The maximum absolute atomic E-state index is 10.8. The molecule has 23 heavy (non-hydrogen) atoms. The second-order valence-electron chi connectivity index (χ2n) is 5.39. The summed E-state index contributed by atoms with van der Waals surface area (Å²) in [5.74, 6) is 0. The van der Waals surface area contributed by atoms with Crippen LogP contribution in [0.4, 0.5) is 0 Å². The predicted octanol–water partition coefficient (Wildman–Crippen LogP) is 4.48. The summed E-state index contributed by atoms with van der Waals surface area (Å²) in [6, 6.07) is 21.8. The van der Waals surface area contributed by atoms with Crippen molar-refractivity contribution in [3.05, 3.63) is 84.7 Å². The van der Waals surface area contributed by atoms with E-state index < -0.39 is 0 Å². The van der Waals surface area contributed by atoms with Crippen molar-refractivity contribution < 1.29 is 4.79 Å². The van der Waals surface area contributed by atoms with Crippen LogP contribution >= 0.6 is 0 Å². The molecule has 3 heteroatoms. The van der Waals surface area contributed by atoms with Crippen LogP contribution < -0.4 is 0 Å². The Morgan fingerprint density at radius 1 is 0.826 bits per heavy atom. The predicted molar refractivity (Wildman–Crippen MR) is 91.5 cm³/mol. The van der Waals surface area contributed by atoms with Gasteiger partial charge in [-0.05, 0) is 17.7 Å². The highest BCUT2D eigenvalue weighted by molar-refractivity contribution is 5.77. The van der Waals surface area contributed by atoms with Crippen LogP contribution in [0.25, 0.3) is 28.0 Å². The van der Waals surface area contributed by atoms with Crippen LogP contribution in [0.1, 0.15) is 10.4 Å². The summed E-state index contributed by atoms with van der Waals surface area (Å²) >= 11 is 0. The summed E-state index contributed by atoms with van der Waals surface area (Å²) in [7, 11) is 0. The normalized spacial score (nSPS) is 10.8. The second kappa shape index (κ2) is 5.54. The van der Waals surface area contributed by atoms with E-state index in [2.05, 4.69) is 27.6 Å². The van der Waals surface area contributed by atoms with E-state index in [0.29, 0.717) is 5.56 Å². The van der Waals surface area contributed by atoms with Gasteiger partial charge in [0.05, 0.1) is 23.1 Å². The number of rotatable bonds is 3. The fourth-order valence-electron chi connectivity index (χ4n) is 2.73. The summed E-state index contributed by atoms with van der Waals surface area (Å²) in [6.45, 7) is 0. The van der Waals surface area contributed by atoms with Crippen LogP contribution in [0.2, 0.25) is 0 Å². The molecule has 4 rings (SSSR count). The van der Waals surface area contributed by atoms with Crippen molar-refractivity contribution in [3.63, 3.8) is 0 Å². The molecular weight excluding hydrogens is 284 g/mol. The Morgan fingerprint density at radius 3 is 2.35 bits per heavy atom. The minimum absolute atomic E-state index is 0.682. The second-order valence-corrected chi connectivity index (χ2v) is 5.39. The lowest BCUT2D eigenvalue weighted by atomic mass is 10.1. The number of benzene rings is 2. The molecule has 2 aromatic carbocycles. The largest absolute Gasteiger partial charge is 0.313 e. The van der Waals surface area contributed by atoms with Crippen molar-refractivity contribution in [2.24, 2.45) is 0 Å². The van der Waals surface area contributed by atoms with Gasteiger partial charge in [-0.3, -0.25) is 9.78 Å². The maximum atomic E-state index is 10.8. The molecule has 0 spiro atoms. The lowest BCUT2D eigenvalue weighted by molar-refractivity contribution is 0.112. The molecule has 0 aliphatic carbocycles. The highest BCUT2D eigenvalue weighted by atomic mass is 16.1. The molecule has 2 aromatic heterocycles. The maximum Gasteiger partial charge on any atom is 0.150 e. The quantitative estimate of drug-likeness (QED) is 0.523. The number of carbonyl (C=O) groups is 1. The van der Waals surface area contributed by atoms with E-state index in [1.165, 1.54) is 0 Å². The minimum atomic E-state index is 0.682. The van der Waals surface area contributed by atoms with Gasteiger partial charge in [-0.25, -0.2) is 0 Å². The van der Waals surface area contributed by atoms with E-state index in [1.54, 1.807) is 0 Å². The molecule has 0 fully saturated rings. The van der Waals surface area contributed by atoms with Crippen molar-refractivity contribution in [3.8, 4) is 22.5 Å². The average molecular weight is 298 g/mol. The number of aldehydes is 1. The standard InChI is InChI=1S/C20H14N2O/c23-14-15-6-8-17(9-7-15)20-11-10-18-12-21-19(13-22(18)20)16-4-2-1-3-5-16/h1-14H. The van der Waals surface area contributed by atoms with E-state index in [0.717, 1.165) is 34.3 Å². The van der Waals surface area contributed by atoms with Crippen LogP contribution in [-0.2, 0) is 0 Å². The monoisotopic (exact) mass is 298 g/mol. The Labute approximate surface area is 133 Å². The van der Waals surface area contributed by atoms with Crippen LogP contribution in [0.3, 0.4) is 0 Å². The highest BCUT2D eigenvalue weighted by Crippen LogP contribution is 2.25. The van der Waals surface area contributed by atoms with Crippen LogP contribution in [-0.4, -0.2) is 15.7 Å². The van der Waals surface area contributed by atoms with E-state index >= 15 is 0 Å². The van der Waals surface area contributed by atoms with Crippen molar-refractivity contribution in [1.82, 2.24) is 9.38 Å². The summed E-state index contributed by atoms with van der Waals surface area (Å²) in [6.07, 6.45) is 4.79. The summed E-state index contributed by atoms with van der Waals surface area (Å²) in [5.41, 5.74) is 5.89. The van der Waals surface area contributed by atoms with E-state index in [4.69, 9.17) is 0 Å². The third-order valence-corrected chi connectivity index (χ3v) is 3.95. The van der Waals surface area contributed by atoms with Crippen molar-refractivity contribution >= 4 is 11.8 Å². The van der Waals surface area contributed by atoms with E-state index in [1.807, 2.05) is 60.9 Å². The van der Waals surface area contributed by atoms with Gasteiger partial charge in [0.1, 0.15) is 6.29 Å². The number of carbonyl (C=O) groups excluding carboxylic acids is 1. The van der Waals surface area contributed by atoms with Gasteiger partial charge in [-0.2, -0.15) is 0 Å². The molecule has 0 aliphatic rings. The zero-order chi connectivity index (χ0) is 15.6. The van der Waals surface area contributed by atoms with E-state index in [9.17, 15) is 4.79 Å². The van der Waals surface area contributed by atoms with Crippen molar-refractivity contribution in [1.29, 1.82) is 0 Å². The lowest BCUT2D eigenvalue weighted by Gasteiger charge is -2.06. The number of aromatic nitrogens is 2. The molecule has 110 valence electrons. The van der Waals surface area contributed by atoms with E-state index in [-0.39, 0.29) is 0 Å². The molecule has 2 heterocycles. The minimum Gasteiger partial charge on any atom is -0.313 e. The third-order valence-electron chi connectivity index (χ3n) is 3.95. The Morgan fingerprint density at radius 2 is 1.61 bits per heavy atom. The van der Waals surface area contributed by atoms with Gasteiger partial charge in [0.25, 0.3) is 0 Å². The van der Waals surface area contributed by atoms with Gasteiger partial charge < -0.3 is 4.40 Å². The fourth-order valence-corrected chi connectivity index (χ4v) is 2.73. The van der Waals surface area contributed by atoms with Gasteiger partial charge in [0, 0.05) is 17.3 Å². The molecule has 0 unspecified atom stereocenters. The molecule has 0 N–H and O–H groups in total. The average Bonchev–Trinajstić information content (AvgIpc) is 3.05. The molecule has 0 bridgehead atoms. The number of hydrogen-bond donors (Lipinski definition) is 0. The lowest BCUT2D eigenvalue weighted by Crippen LogP contribution is -1.92. The molecular formula is C20H14N2O. The topological polar surface area (TPSA) is 34.4 Å². The first-order chi connectivity index (χ1) is 11.3. The number of fused-ring (bicyclic) bond motifs is 1. The molecule has 4 aromatic rings. The van der Waals surface area contributed by atoms with Crippen LogP contribution in [0, 0.1) is 0 Å². The van der Waals surface area contributed by atoms with Crippen molar-refractivity contribution in [2.45, 2.75) is 0 Å². The van der Waals surface area contributed by atoms with Gasteiger partial charge in [-0.15, -0.1) is 0 Å². The zero-order valence-electron chi connectivity index (χ0n) is 12.4. The molecule has 0 amide bonds. The number of hydrogen-bond acceptors (Lipinski definition) is 2. The molecule has 0 saturated heterocycles. The smallest absolute Gasteiger partial charge is 0.150 e. The molecule has 0 atom stereocenters. The number of nitrogens with zero attached hydrogens (tertiary/aromatic N) is 2.